The third kappa shape index (κ3) is 2.86. The summed E-state index contributed by atoms with van der Waals surface area (Å²) in [5.41, 5.74) is 8.86. The second kappa shape index (κ2) is 6.55. The molecule has 116 valence electrons. The first kappa shape index (κ1) is 14.5. The van der Waals surface area contributed by atoms with Gasteiger partial charge in [0, 0.05) is 5.92 Å². The van der Waals surface area contributed by atoms with Gasteiger partial charge in [-0.1, -0.05) is 91.0 Å². The summed E-state index contributed by atoms with van der Waals surface area (Å²) in [5.74, 6) is 0.130. The zero-order valence-corrected chi connectivity index (χ0v) is 13.3. The van der Waals surface area contributed by atoms with E-state index in [4.69, 9.17) is 5.10 Å². The lowest BCUT2D eigenvalue weighted by Gasteiger charge is -2.23. The van der Waals surface area contributed by atoms with E-state index in [1.165, 1.54) is 5.56 Å². The summed E-state index contributed by atoms with van der Waals surface area (Å²) in [4.78, 5) is 0. The summed E-state index contributed by atoms with van der Waals surface area (Å²) in [6, 6.07) is 31.2. The van der Waals surface area contributed by atoms with Crippen molar-refractivity contribution < 1.29 is 0 Å². The maximum Gasteiger partial charge on any atom is 0.0792 e. The molecule has 1 aliphatic heterocycles. The molecule has 3 aromatic carbocycles. The number of nitrogens with zero attached hydrogens (tertiary/aromatic N) is 1. The van der Waals surface area contributed by atoms with Crippen molar-refractivity contribution in [1.82, 2.24) is 5.43 Å². The van der Waals surface area contributed by atoms with Crippen molar-refractivity contribution >= 4 is 11.4 Å². The highest BCUT2D eigenvalue weighted by Gasteiger charge is 2.22. The van der Waals surface area contributed by atoms with Crippen molar-refractivity contribution in [2.24, 2.45) is 5.10 Å². The lowest BCUT2D eigenvalue weighted by molar-refractivity contribution is 0.923. The second-order valence-electron chi connectivity index (χ2n) is 5.81. The van der Waals surface area contributed by atoms with Crippen molar-refractivity contribution in [3.05, 3.63) is 114 Å². The number of allylic oxidation sites excluding steroid dienone is 1. The van der Waals surface area contributed by atoms with Gasteiger partial charge in [-0.05, 0) is 22.8 Å². The summed E-state index contributed by atoms with van der Waals surface area (Å²) in [6.07, 6.45) is 2.26. The third-order valence-corrected chi connectivity index (χ3v) is 4.24. The van der Waals surface area contributed by atoms with E-state index >= 15 is 0 Å². The number of hydrogen-bond acceptors (Lipinski definition) is 2. The molecule has 0 radical (unpaired) electrons. The first-order chi connectivity index (χ1) is 11.9. The number of hydrogen-bond donors (Lipinski definition) is 1. The molecule has 0 aromatic heterocycles. The van der Waals surface area contributed by atoms with E-state index in [-0.39, 0.29) is 5.92 Å². The number of nitrogens with one attached hydrogen (secondary N) is 1. The van der Waals surface area contributed by atoms with E-state index < -0.39 is 0 Å². The van der Waals surface area contributed by atoms with E-state index in [1.807, 2.05) is 30.3 Å². The van der Waals surface area contributed by atoms with Gasteiger partial charge in [-0.3, -0.25) is 5.43 Å². The Morgan fingerprint density at radius 3 is 1.79 bits per heavy atom. The highest BCUT2D eigenvalue weighted by molar-refractivity contribution is 6.08. The van der Waals surface area contributed by atoms with Crippen molar-refractivity contribution in [1.29, 1.82) is 0 Å². The van der Waals surface area contributed by atoms with Crippen molar-refractivity contribution in [3.63, 3.8) is 0 Å². The maximum atomic E-state index is 4.71. The summed E-state index contributed by atoms with van der Waals surface area (Å²) < 4.78 is 0. The van der Waals surface area contributed by atoms with Crippen LogP contribution in [0.5, 0.6) is 0 Å². The molecule has 0 spiro atoms. The molecule has 2 heteroatoms. The zero-order chi connectivity index (χ0) is 16.2. The minimum atomic E-state index is 0.130. The molecule has 2 nitrogen and oxygen atoms in total. The van der Waals surface area contributed by atoms with Crippen LogP contribution in [0.3, 0.4) is 0 Å². The highest BCUT2D eigenvalue weighted by atomic mass is 15.3. The Morgan fingerprint density at radius 2 is 1.17 bits per heavy atom. The van der Waals surface area contributed by atoms with E-state index in [1.54, 1.807) is 0 Å². The van der Waals surface area contributed by atoms with Crippen LogP contribution in [-0.4, -0.2) is 5.71 Å². The van der Waals surface area contributed by atoms with Crippen molar-refractivity contribution in [3.8, 4) is 0 Å². The van der Waals surface area contributed by atoms with E-state index in [0.717, 1.165) is 22.5 Å². The summed E-state index contributed by atoms with van der Waals surface area (Å²) in [6.45, 7) is 0. The van der Waals surface area contributed by atoms with Crippen molar-refractivity contribution in [2.45, 2.75) is 5.92 Å². The number of hydrazone groups is 1. The first-order valence-electron chi connectivity index (χ1n) is 8.13. The van der Waals surface area contributed by atoms with Crippen LogP contribution in [0.1, 0.15) is 22.6 Å². The minimum Gasteiger partial charge on any atom is -0.278 e. The van der Waals surface area contributed by atoms with Crippen LogP contribution in [0.25, 0.3) is 5.70 Å². The summed E-state index contributed by atoms with van der Waals surface area (Å²) in [5, 5.41) is 4.71. The normalized spacial score (nSPS) is 16.8. The molecule has 4 rings (SSSR count). The van der Waals surface area contributed by atoms with Gasteiger partial charge in [0.15, 0.2) is 0 Å². The Hall–Kier alpha value is -3.13. The van der Waals surface area contributed by atoms with Crippen LogP contribution in [0.4, 0.5) is 0 Å². The molecule has 0 aliphatic carbocycles. The molecular weight excluding hydrogens is 292 g/mol. The molecule has 0 saturated carbocycles. The molecule has 1 atom stereocenters. The predicted octanol–water partition coefficient (Wildman–Crippen LogP) is 4.82. The topological polar surface area (TPSA) is 24.4 Å². The molecular formula is C22H18N2. The number of rotatable bonds is 3. The molecule has 1 unspecified atom stereocenters. The monoisotopic (exact) mass is 310 g/mol. The average Bonchev–Trinajstić information content (AvgIpc) is 2.69. The third-order valence-electron chi connectivity index (χ3n) is 4.24. The SMILES string of the molecule is C1=C(c2ccccc2)NN=C(c2ccccc2)C1c1ccccc1. The Bertz CT molecular complexity index is 866. The maximum absolute atomic E-state index is 4.71. The lowest BCUT2D eigenvalue weighted by atomic mass is 9.87. The molecule has 3 aromatic rings. The molecule has 1 aliphatic rings. The van der Waals surface area contributed by atoms with Gasteiger partial charge in [-0.15, -0.1) is 0 Å². The fraction of sp³-hybridized carbons (Fsp3) is 0.0455. The number of benzene rings is 3. The van der Waals surface area contributed by atoms with Gasteiger partial charge in [-0.25, -0.2) is 0 Å². The smallest absolute Gasteiger partial charge is 0.0792 e. The molecule has 0 saturated heterocycles. The van der Waals surface area contributed by atoms with Gasteiger partial charge >= 0.3 is 0 Å². The van der Waals surface area contributed by atoms with Crippen molar-refractivity contribution in [2.75, 3.05) is 0 Å². The largest absolute Gasteiger partial charge is 0.278 e. The van der Waals surface area contributed by atoms with Crippen LogP contribution >= 0.6 is 0 Å². The minimum absolute atomic E-state index is 0.130. The Labute approximate surface area is 142 Å². The molecule has 1 N–H and O–H groups in total. The molecule has 24 heavy (non-hydrogen) atoms. The van der Waals surface area contributed by atoms with Gasteiger partial charge in [0.05, 0.1) is 11.4 Å². The fourth-order valence-corrected chi connectivity index (χ4v) is 3.02. The van der Waals surface area contributed by atoms with Crippen LogP contribution in [0.15, 0.2) is 102 Å². The second-order valence-corrected chi connectivity index (χ2v) is 5.81. The first-order valence-corrected chi connectivity index (χ1v) is 8.13. The van der Waals surface area contributed by atoms with Gasteiger partial charge in [0.2, 0.25) is 0 Å². The van der Waals surface area contributed by atoms with Crippen LogP contribution in [0.2, 0.25) is 0 Å². The van der Waals surface area contributed by atoms with E-state index in [0.29, 0.717) is 0 Å². The van der Waals surface area contributed by atoms with Gasteiger partial charge < -0.3 is 0 Å². The lowest BCUT2D eigenvalue weighted by Crippen LogP contribution is -2.23. The van der Waals surface area contributed by atoms with Gasteiger partial charge in [0.25, 0.3) is 0 Å². The summed E-state index contributed by atoms with van der Waals surface area (Å²) >= 11 is 0. The molecule has 0 bridgehead atoms. The van der Waals surface area contributed by atoms with Crippen LogP contribution in [-0.2, 0) is 0 Å². The molecule has 0 fully saturated rings. The predicted molar refractivity (Wildman–Crippen MR) is 99.7 cm³/mol. The molecule has 1 heterocycles. The molecule has 0 amide bonds. The average molecular weight is 310 g/mol. The van der Waals surface area contributed by atoms with E-state index in [2.05, 4.69) is 72.2 Å². The van der Waals surface area contributed by atoms with Gasteiger partial charge in [-0.2, -0.15) is 5.10 Å². The Morgan fingerprint density at radius 1 is 0.625 bits per heavy atom. The van der Waals surface area contributed by atoms with Crippen LogP contribution in [0, 0.1) is 0 Å². The van der Waals surface area contributed by atoms with Crippen LogP contribution < -0.4 is 5.43 Å². The Kier molecular flexibility index (Phi) is 3.95. The summed E-state index contributed by atoms with van der Waals surface area (Å²) in [7, 11) is 0. The van der Waals surface area contributed by atoms with E-state index in [9.17, 15) is 0 Å². The standard InChI is InChI=1S/C22H18N2/c1-4-10-17(11-5-1)20-16-21(18-12-6-2-7-13-18)23-24-22(20)19-14-8-3-9-15-19/h1-16,20,23H. The Balaban J connectivity index is 1.78. The van der Waals surface area contributed by atoms with Gasteiger partial charge in [0.1, 0.15) is 0 Å². The highest BCUT2D eigenvalue weighted by Crippen LogP contribution is 2.29. The quantitative estimate of drug-likeness (QED) is 0.737. The zero-order valence-electron chi connectivity index (χ0n) is 13.3. The fourth-order valence-electron chi connectivity index (χ4n) is 3.02.